The zero-order chi connectivity index (χ0) is 14.5. The van der Waals surface area contributed by atoms with E-state index in [9.17, 15) is 13.2 Å². The monoisotopic (exact) mass is 339 g/mol. The summed E-state index contributed by atoms with van der Waals surface area (Å²) in [5, 5.41) is 0.190. The van der Waals surface area contributed by atoms with Crippen LogP contribution in [0.1, 0.15) is 17.5 Å². The van der Waals surface area contributed by atoms with E-state index in [0.717, 1.165) is 6.42 Å². The number of halogens is 4. The first-order valence-corrected chi connectivity index (χ1v) is 6.98. The maximum atomic E-state index is 12.9. The maximum absolute atomic E-state index is 12.9. The van der Waals surface area contributed by atoms with E-state index in [2.05, 4.69) is 15.9 Å². The molecule has 19 heavy (non-hydrogen) atoms. The van der Waals surface area contributed by atoms with Crippen LogP contribution in [0, 0.1) is 0 Å². The lowest BCUT2D eigenvalue weighted by molar-refractivity contribution is -0.138. The predicted octanol–water partition coefficient (Wildman–Crippen LogP) is 4.07. The standard InChI is InChI=1S/C13H17BrF3NO/c1-18(6-3-7-19-2)11-5-4-10(9-14)12(8-11)13(15,16)17/h4-5,8H,3,6-7,9H2,1-2H3. The first-order chi connectivity index (χ1) is 8.90. The molecule has 0 saturated carbocycles. The second-order valence-electron chi connectivity index (χ2n) is 4.24. The van der Waals surface area contributed by atoms with E-state index in [1.54, 1.807) is 25.1 Å². The fourth-order valence-corrected chi connectivity index (χ4v) is 2.25. The molecule has 0 saturated heterocycles. The summed E-state index contributed by atoms with van der Waals surface area (Å²) in [7, 11) is 3.38. The summed E-state index contributed by atoms with van der Waals surface area (Å²) < 4.78 is 43.7. The largest absolute Gasteiger partial charge is 0.416 e. The minimum absolute atomic E-state index is 0.190. The van der Waals surface area contributed by atoms with Crippen molar-refractivity contribution in [2.45, 2.75) is 17.9 Å². The lowest BCUT2D eigenvalue weighted by Gasteiger charge is -2.21. The second kappa shape index (κ2) is 7.14. The fraction of sp³-hybridized carbons (Fsp3) is 0.538. The van der Waals surface area contributed by atoms with Gasteiger partial charge in [-0.15, -0.1) is 0 Å². The van der Waals surface area contributed by atoms with Gasteiger partial charge in [0.25, 0.3) is 0 Å². The molecule has 6 heteroatoms. The molecule has 2 nitrogen and oxygen atoms in total. The number of anilines is 1. The van der Waals surface area contributed by atoms with Gasteiger partial charge in [0.15, 0.2) is 0 Å². The van der Waals surface area contributed by atoms with Crippen LogP contribution in [-0.2, 0) is 16.2 Å². The van der Waals surface area contributed by atoms with Crippen LogP contribution in [-0.4, -0.2) is 27.3 Å². The number of alkyl halides is 4. The Labute approximate surface area is 119 Å². The number of ether oxygens (including phenoxy) is 1. The van der Waals surface area contributed by atoms with Gasteiger partial charge < -0.3 is 9.64 Å². The zero-order valence-corrected chi connectivity index (χ0v) is 12.5. The molecular formula is C13H17BrF3NO. The van der Waals surface area contributed by atoms with Crippen LogP contribution in [0.15, 0.2) is 18.2 Å². The molecule has 0 spiro atoms. The summed E-state index contributed by atoms with van der Waals surface area (Å²) in [4.78, 5) is 1.80. The molecule has 0 atom stereocenters. The molecular weight excluding hydrogens is 323 g/mol. The fourth-order valence-electron chi connectivity index (χ4n) is 1.76. The normalized spacial score (nSPS) is 11.7. The molecule has 0 fully saturated rings. The molecule has 0 aromatic heterocycles. The Balaban J connectivity index is 2.91. The van der Waals surface area contributed by atoms with E-state index in [-0.39, 0.29) is 10.9 Å². The minimum atomic E-state index is -4.33. The van der Waals surface area contributed by atoms with Crippen LogP contribution < -0.4 is 4.90 Å². The van der Waals surface area contributed by atoms with Crippen LogP contribution in [0.5, 0.6) is 0 Å². The van der Waals surface area contributed by atoms with Crippen molar-refractivity contribution in [2.75, 3.05) is 32.2 Å². The third-order valence-corrected chi connectivity index (χ3v) is 3.43. The molecule has 0 aliphatic rings. The number of benzene rings is 1. The highest BCUT2D eigenvalue weighted by Gasteiger charge is 2.33. The number of nitrogens with zero attached hydrogens (tertiary/aromatic N) is 1. The highest BCUT2D eigenvalue weighted by atomic mass is 79.9. The first-order valence-electron chi connectivity index (χ1n) is 5.86. The van der Waals surface area contributed by atoms with Gasteiger partial charge in [-0.05, 0) is 24.1 Å². The van der Waals surface area contributed by atoms with Crippen molar-refractivity contribution in [1.29, 1.82) is 0 Å². The average molecular weight is 340 g/mol. The molecule has 0 unspecified atom stereocenters. The highest BCUT2D eigenvalue weighted by molar-refractivity contribution is 9.08. The van der Waals surface area contributed by atoms with Gasteiger partial charge in [0.05, 0.1) is 5.56 Å². The smallest absolute Gasteiger partial charge is 0.385 e. The molecule has 1 aromatic rings. The summed E-state index contributed by atoms with van der Waals surface area (Å²) in [5.41, 5.74) is 0.232. The SMILES string of the molecule is COCCCN(C)c1ccc(CBr)c(C(F)(F)F)c1. The molecule has 0 aliphatic heterocycles. The van der Waals surface area contributed by atoms with Crippen molar-refractivity contribution < 1.29 is 17.9 Å². The Morgan fingerprint density at radius 1 is 1.32 bits per heavy atom. The molecule has 0 aliphatic carbocycles. The second-order valence-corrected chi connectivity index (χ2v) is 4.80. The van der Waals surface area contributed by atoms with E-state index in [1.165, 1.54) is 12.1 Å². The lowest BCUT2D eigenvalue weighted by atomic mass is 10.1. The van der Waals surface area contributed by atoms with Gasteiger partial charge >= 0.3 is 6.18 Å². The van der Waals surface area contributed by atoms with Crippen LogP contribution in [0.2, 0.25) is 0 Å². The number of methoxy groups -OCH3 is 1. The van der Waals surface area contributed by atoms with Crippen molar-refractivity contribution in [3.63, 3.8) is 0 Å². The maximum Gasteiger partial charge on any atom is 0.416 e. The summed E-state index contributed by atoms with van der Waals surface area (Å²) in [6.45, 7) is 1.24. The van der Waals surface area contributed by atoms with Gasteiger partial charge in [-0.25, -0.2) is 0 Å². The quantitative estimate of drug-likeness (QED) is 0.572. The summed E-state index contributed by atoms with van der Waals surface area (Å²) in [6.07, 6.45) is -3.55. The van der Waals surface area contributed by atoms with Crippen LogP contribution in [0.25, 0.3) is 0 Å². The first kappa shape index (κ1) is 16.3. The van der Waals surface area contributed by atoms with E-state index in [0.29, 0.717) is 18.8 Å². The third kappa shape index (κ3) is 4.69. The zero-order valence-electron chi connectivity index (χ0n) is 10.9. The molecule has 0 bridgehead atoms. The third-order valence-electron chi connectivity index (χ3n) is 2.83. The van der Waals surface area contributed by atoms with Gasteiger partial charge in [-0.1, -0.05) is 22.0 Å². The Morgan fingerprint density at radius 2 is 2.00 bits per heavy atom. The molecule has 0 heterocycles. The Morgan fingerprint density at radius 3 is 2.53 bits per heavy atom. The van der Waals surface area contributed by atoms with Crippen molar-refractivity contribution in [3.05, 3.63) is 29.3 Å². The van der Waals surface area contributed by atoms with E-state index < -0.39 is 11.7 Å². The van der Waals surface area contributed by atoms with Crippen LogP contribution in [0.3, 0.4) is 0 Å². The molecule has 1 rings (SSSR count). The van der Waals surface area contributed by atoms with Crippen LogP contribution in [0.4, 0.5) is 18.9 Å². The Hall–Kier alpha value is -0.750. The van der Waals surface area contributed by atoms with Crippen molar-refractivity contribution in [3.8, 4) is 0 Å². The molecule has 0 amide bonds. The topological polar surface area (TPSA) is 12.5 Å². The summed E-state index contributed by atoms with van der Waals surface area (Å²) in [6, 6.07) is 4.42. The van der Waals surface area contributed by atoms with Gasteiger partial charge in [-0.3, -0.25) is 0 Å². The number of rotatable bonds is 6. The van der Waals surface area contributed by atoms with Gasteiger partial charge in [-0.2, -0.15) is 13.2 Å². The summed E-state index contributed by atoms with van der Waals surface area (Å²) >= 11 is 3.08. The minimum Gasteiger partial charge on any atom is -0.385 e. The van der Waals surface area contributed by atoms with E-state index in [4.69, 9.17) is 4.74 Å². The van der Waals surface area contributed by atoms with Gasteiger partial charge in [0, 0.05) is 38.3 Å². The van der Waals surface area contributed by atoms with E-state index in [1.807, 2.05) is 0 Å². The van der Waals surface area contributed by atoms with Crippen LogP contribution >= 0.6 is 15.9 Å². The van der Waals surface area contributed by atoms with Crippen molar-refractivity contribution >= 4 is 21.6 Å². The number of hydrogen-bond acceptors (Lipinski definition) is 2. The molecule has 1 aromatic carbocycles. The highest BCUT2D eigenvalue weighted by Crippen LogP contribution is 2.35. The lowest BCUT2D eigenvalue weighted by Crippen LogP contribution is -2.20. The molecule has 0 radical (unpaired) electrons. The van der Waals surface area contributed by atoms with E-state index >= 15 is 0 Å². The average Bonchev–Trinajstić information content (AvgIpc) is 2.37. The number of hydrogen-bond donors (Lipinski definition) is 0. The van der Waals surface area contributed by atoms with Gasteiger partial charge in [0.2, 0.25) is 0 Å². The predicted molar refractivity (Wildman–Crippen MR) is 73.8 cm³/mol. The Bertz CT molecular complexity index is 409. The molecule has 108 valence electrons. The summed E-state index contributed by atoms with van der Waals surface area (Å²) in [5.74, 6) is 0. The molecule has 0 N–H and O–H groups in total. The van der Waals surface area contributed by atoms with Crippen molar-refractivity contribution in [2.24, 2.45) is 0 Å². The van der Waals surface area contributed by atoms with Gasteiger partial charge in [0.1, 0.15) is 0 Å². The van der Waals surface area contributed by atoms with Crippen molar-refractivity contribution in [1.82, 2.24) is 0 Å². The Kier molecular flexibility index (Phi) is 6.13.